The van der Waals surface area contributed by atoms with E-state index in [0.29, 0.717) is 0 Å². The maximum atomic E-state index is 5.01. The first-order valence-electron chi connectivity index (χ1n) is 10.9. The molecule has 7 heteroatoms. The fraction of sp³-hybridized carbons (Fsp3) is 0.111. The molecule has 6 rings (SSSR count). The van der Waals surface area contributed by atoms with E-state index >= 15 is 0 Å². The van der Waals surface area contributed by atoms with Gasteiger partial charge in [-0.25, -0.2) is 9.36 Å². The molecule has 0 aromatic carbocycles. The number of rotatable bonds is 4. The molecule has 0 saturated heterocycles. The summed E-state index contributed by atoms with van der Waals surface area (Å²) < 4.78 is 7.91. The zero-order valence-corrected chi connectivity index (χ0v) is 21.0. The van der Waals surface area contributed by atoms with E-state index in [2.05, 4.69) is 50.5 Å². The summed E-state index contributed by atoms with van der Waals surface area (Å²) >= 11 is 0. The largest absolute Gasteiger partial charge is 2.00 e. The molecule has 0 aliphatic heterocycles. The monoisotopic (exact) mass is 625 g/mol. The van der Waals surface area contributed by atoms with E-state index in [0.717, 1.165) is 34.1 Å². The van der Waals surface area contributed by atoms with E-state index < -0.39 is 5.41 Å². The average Bonchev–Trinajstić information content (AvgIpc) is 3.49. The molecule has 6 nitrogen and oxygen atoms in total. The molecule has 0 spiro atoms. The van der Waals surface area contributed by atoms with Gasteiger partial charge in [0, 0.05) is 28.9 Å². The van der Waals surface area contributed by atoms with Gasteiger partial charge in [-0.05, 0) is 50.5 Å². The van der Waals surface area contributed by atoms with Crippen molar-refractivity contribution in [2.24, 2.45) is 0 Å². The minimum Gasteiger partial charge on any atom is -0.293 e. The average molecular weight is 626 g/mol. The minimum absolute atomic E-state index is 0. The molecule has 0 N–H and O–H groups in total. The maximum absolute atomic E-state index is 5.01. The molecule has 6 aromatic rings. The van der Waals surface area contributed by atoms with Crippen LogP contribution in [0.5, 0.6) is 0 Å². The van der Waals surface area contributed by atoms with Crippen molar-refractivity contribution in [1.82, 2.24) is 19.3 Å². The smallest absolute Gasteiger partial charge is 0.293 e. The number of nitrogens with zero attached hydrogens (tertiary/aromatic N) is 6. The molecule has 0 aliphatic carbocycles. The van der Waals surface area contributed by atoms with Crippen LogP contribution in [-0.4, -0.2) is 19.3 Å². The normalized spacial score (nSPS) is 11.6. The molecule has 0 radical (unpaired) electrons. The van der Waals surface area contributed by atoms with Crippen LogP contribution < -0.4 is 9.03 Å². The Morgan fingerprint density at radius 1 is 0.647 bits per heavy atom. The number of pyridine rings is 4. The Labute approximate surface area is 212 Å². The summed E-state index contributed by atoms with van der Waals surface area (Å²) in [6, 6.07) is 28.2. The van der Waals surface area contributed by atoms with E-state index in [1.165, 1.54) is 0 Å². The second-order valence-electron chi connectivity index (χ2n) is 8.50. The zero-order chi connectivity index (χ0) is 22.4. The minimum atomic E-state index is -0.409. The maximum Gasteiger partial charge on any atom is 2.00 e. The first-order chi connectivity index (χ1) is 16.1. The van der Waals surface area contributed by atoms with E-state index in [4.69, 9.17) is 9.97 Å². The molecule has 0 aliphatic rings. The predicted octanol–water partition coefficient (Wildman–Crippen LogP) is 3.46. The van der Waals surface area contributed by atoms with Crippen molar-refractivity contribution >= 4 is 11.0 Å². The van der Waals surface area contributed by atoms with Gasteiger partial charge in [-0.1, -0.05) is 48.5 Å². The second-order valence-corrected chi connectivity index (χ2v) is 8.50. The number of fused-ring (bicyclic) bond motifs is 2. The third-order valence-electron chi connectivity index (χ3n) is 6.02. The van der Waals surface area contributed by atoms with E-state index in [1.807, 2.05) is 91.5 Å². The molecule has 0 fully saturated rings. The number of hydrogen-bond donors (Lipinski definition) is 0. The van der Waals surface area contributed by atoms with Gasteiger partial charge in [0.15, 0.2) is 12.4 Å². The van der Waals surface area contributed by atoms with Crippen molar-refractivity contribution < 1.29 is 30.1 Å². The number of hydrogen-bond acceptors (Lipinski definition) is 2. The van der Waals surface area contributed by atoms with Crippen molar-refractivity contribution in [2.75, 3.05) is 0 Å². The molecule has 0 amide bonds. The molecule has 0 saturated carbocycles. The number of aromatic nitrogens is 6. The Morgan fingerprint density at radius 3 is 1.59 bits per heavy atom. The Bertz CT molecular complexity index is 1490. The first-order valence-corrected chi connectivity index (χ1v) is 10.9. The van der Waals surface area contributed by atoms with Gasteiger partial charge in [-0.15, -0.1) is 9.03 Å². The van der Waals surface area contributed by atoms with Gasteiger partial charge in [0.1, 0.15) is 11.0 Å². The van der Waals surface area contributed by atoms with Gasteiger partial charge in [0.25, 0.3) is 0 Å². The fourth-order valence-corrected chi connectivity index (χ4v) is 4.13. The van der Waals surface area contributed by atoms with Crippen molar-refractivity contribution in [2.45, 2.75) is 19.3 Å². The van der Waals surface area contributed by atoms with Crippen molar-refractivity contribution in [3.05, 3.63) is 121 Å². The molecular weight excluding hydrogens is 603 g/mol. The van der Waals surface area contributed by atoms with Crippen LogP contribution in [0.25, 0.3) is 22.7 Å². The molecule has 34 heavy (non-hydrogen) atoms. The molecule has 6 heterocycles. The molecule has 0 unspecified atom stereocenters. The fourth-order valence-electron chi connectivity index (χ4n) is 4.13. The Morgan fingerprint density at radius 2 is 1.12 bits per heavy atom. The quantitative estimate of drug-likeness (QED) is 0.223. The molecular formula is C27H22N6Pt+2. The van der Waals surface area contributed by atoms with Crippen LogP contribution in [0, 0.1) is 12.4 Å². The van der Waals surface area contributed by atoms with Gasteiger partial charge in [0.05, 0.1) is 11.6 Å². The summed E-state index contributed by atoms with van der Waals surface area (Å²) in [6.07, 6.45) is 10.6. The summed E-state index contributed by atoms with van der Waals surface area (Å²) in [5.41, 5.74) is 3.58. The first kappa shape index (κ1) is 22.2. The van der Waals surface area contributed by atoms with Gasteiger partial charge in [-0.2, -0.15) is 0 Å². The summed E-state index contributed by atoms with van der Waals surface area (Å²) in [7, 11) is 0. The van der Waals surface area contributed by atoms with Gasteiger partial charge in [0.2, 0.25) is 0 Å². The Hall–Kier alpha value is -3.63. The van der Waals surface area contributed by atoms with Crippen molar-refractivity contribution in [3.8, 4) is 11.6 Å². The van der Waals surface area contributed by atoms with Gasteiger partial charge in [-0.3, -0.25) is 9.97 Å². The van der Waals surface area contributed by atoms with Gasteiger partial charge < -0.3 is 0 Å². The van der Waals surface area contributed by atoms with Crippen LogP contribution in [-0.2, 0) is 26.5 Å². The molecule has 168 valence electrons. The summed E-state index contributed by atoms with van der Waals surface area (Å²) in [5.74, 6) is 1.62. The third-order valence-corrected chi connectivity index (χ3v) is 6.02. The van der Waals surface area contributed by atoms with Crippen LogP contribution in [0.3, 0.4) is 0 Å². The van der Waals surface area contributed by atoms with E-state index in [-0.39, 0.29) is 21.1 Å². The van der Waals surface area contributed by atoms with Crippen LogP contribution in [0.4, 0.5) is 0 Å². The van der Waals surface area contributed by atoms with Crippen LogP contribution in [0.2, 0.25) is 0 Å². The summed E-state index contributed by atoms with van der Waals surface area (Å²) in [5, 5.41) is 0. The third kappa shape index (κ3) is 3.64. The summed E-state index contributed by atoms with van der Waals surface area (Å²) in [6.45, 7) is 4.31. The summed E-state index contributed by atoms with van der Waals surface area (Å²) in [4.78, 5) is 10.0. The zero-order valence-electron chi connectivity index (χ0n) is 18.7. The van der Waals surface area contributed by atoms with E-state index in [9.17, 15) is 0 Å². The second kappa shape index (κ2) is 8.62. The van der Waals surface area contributed by atoms with Crippen molar-refractivity contribution in [3.63, 3.8) is 0 Å². The SMILES string of the molecule is CC(C)(c1cccc(-n2[c-]cc3cccc[n+]32)n1)c1cccc(-n2[c-]cc3cccc[n+]32)n1.[Pt+2]. The standard InChI is InChI=1S/C27H22N6.Pt/c1-27(2,23-11-7-13-25(28-23)32-19-15-21-9-3-5-17-30(21)32)24-12-8-14-26(29-24)33-20-16-22-10-4-6-18-31(22)33;/h3-18H,1-2H3;/q;+2. The topological polar surface area (TPSA) is 43.8 Å². The van der Waals surface area contributed by atoms with E-state index in [1.54, 1.807) is 0 Å². The Balaban J connectivity index is 0.00000241. The molecule has 0 atom stereocenters. The van der Waals surface area contributed by atoms with Crippen LogP contribution in [0.1, 0.15) is 25.2 Å². The van der Waals surface area contributed by atoms with Crippen molar-refractivity contribution in [1.29, 1.82) is 0 Å². The van der Waals surface area contributed by atoms with Crippen LogP contribution in [0.15, 0.2) is 97.3 Å². The molecule has 6 aromatic heterocycles. The predicted molar refractivity (Wildman–Crippen MR) is 123 cm³/mol. The molecule has 0 bridgehead atoms. The van der Waals surface area contributed by atoms with Gasteiger partial charge >= 0.3 is 21.1 Å². The van der Waals surface area contributed by atoms with Crippen LogP contribution >= 0.6 is 0 Å². The Kier molecular flexibility index (Phi) is 5.62.